The number of benzene rings is 1. The SMILES string of the molecule is Cn1ncc2ncnc(N3CCOCC3)c21.O=C(NC(F)(F)F)c1ccccc1. The van der Waals surface area contributed by atoms with Gasteiger partial charge in [-0.15, -0.1) is 0 Å². The number of rotatable bonds is 2. The first kappa shape index (κ1) is 20.5. The number of alkyl halides is 3. The number of nitrogens with one attached hydrogen (secondary N) is 1. The molecule has 2 aromatic heterocycles. The smallest absolute Gasteiger partial charge is 0.378 e. The van der Waals surface area contributed by atoms with E-state index in [1.165, 1.54) is 24.3 Å². The minimum Gasteiger partial charge on any atom is -0.378 e. The number of carbonyl (C=O) groups excluding carboxylic acids is 1. The first-order valence-corrected chi connectivity index (χ1v) is 8.75. The molecule has 0 unspecified atom stereocenters. The minimum absolute atomic E-state index is 0.0141. The maximum atomic E-state index is 11.7. The van der Waals surface area contributed by atoms with Crippen LogP contribution in [0.5, 0.6) is 0 Å². The van der Waals surface area contributed by atoms with Crippen molar-refractivity contribution in [2.75, 3.05) is 31.2 Å². The van der Waals surface area contributed by atoms with E-state index in [0.29, 0.717) is 0 Å². The van der Waals surface area contributed by atoms with Gasteiger partial charge in [0.2, 0.25) is 0 Å². The molecule has 8 nitrogen and oxygen atoms in total. The van der Waals surface area contributed by atoms with Crippen LogP contribution in [0.1, 0.15) is 10.4 Å². The lowest BCUT2D eigenvalue weighted by atomic mass is 10.2. The zero-order valence-corrected chi connectivity index (χ0v) is 15.6. The van der Waals surface area contributed by atoms with Crippen LogP contribution in [0.4, 0.5) is 19.0 Å². The maximum Gasteiger partial charge on any atom is 0.484 e. The molecule has 1 fully saturated rings. The first-order chi connectivity index (χ1) is 13.8. The number of morpholine rings is 1. The summed E-state index contributed by atoms with van der Waals surface area (Å²) < 4.78 is 42.1. The Morgan fingerprint density at radius 2 is 1.83 bits per heavy atom. The number of anilines is 1. The van der Waals surface area contributed by atoms with Crippen molar-refractivity contribution in [1.82, 2.24) is 25.1 Å². The molecule has 0 radical (unpaired) electrons. The van der Waals surface area contributed by atoms with Gasteiger partial charge >= 0.3 is 6.30 Å². The molecule has 1 N–H and O–H groups in total. The number of aromatic nitrogens is 4. The topological polar surface area (TPSA) is 85.2 Å². The Kier molecular flexibility index (Phi) is 6.27. The molecular formula is C18H19F3N6O2. The van der Waals surface area contributed by atoms with Crippen molar-refractivity contribution in [3.05, 3.63) is 48.4 Å². The van der Waals surface area contributed by atoms with E-state index in [9.17, 15) is 18.0 Å². The van der Waals surface area contributed by atoms with Gasteiger partial charge in [-0.2, -0.15) is 18.3 Å². The lowest BCUT2D eigenvalue weighted by Crippen LogP contribution is -2.37. The Morgan fingerprint density at radius 1 is 1.14 bits per heavy atom. The quantitative estimate of drug-likeness (QED) is 0.654. The fourth-order valence-electron chi connectivity index (χ4n) is 2.78. The van der Waals surface area contributed by atoms with Gasteiger partial charge in [0.1, 0.15) is 17.4 Å². The van der Waals surface area contributed by atoms with Crippen LogP contribution in [0.3, 0.4) is 0 Å². The normalized spacial score (nSPS) is 14.3. The molecule has 1 amide bonds. The summed E-state index contributed by atoms with van der Waals surface area (Å²) in [7, 11) is 1.91. The van der Waals surface area contributed by atoms with E-state index in [4.69, 9.17) is 4.74 Å². The summed E-state index contributed by atoms with van der Waals surface area (Å²) in [5, 5.41) is 5.10. The Labute approximate surface area is 164 Å². The third-order valence-corrected chi connectivity index (χ3v) is 4.11. The summed E-state index contributed by atoms with van der Waals surface area (Å²) in [4.78, 5) is 21.6. The van der Waals surface area contributed by atoms with E-state index in [1.54, 1.807) is 18.6 Å². The van der Waals surface area contributed by atoms with Gasteiger partial charge in [-0.05, 0) is 12.1 Å². The third kappa shape index (κ3) is 5.41. The van der Waals surface area contributed by atoms with E-state index < -0.39 is 12.2 Å². The van der Waals surface area contributed by atoms with Crippen LogP contribution in [-0.2, 0) is 11.8 Å². The monoisotopic (exact) mass is 408 g/mol. The van der Waals surface area contributed by atoms with Crippen LogP contribution in [0, 0.1) is 0 Å². The van der Waals surface area contributed by atoms with Crippen molar-refractivity contribution in [3.63, 3.8) is 0 Å². The van der Waals surface area contributed by atoms with Crippen molar-refractivity contribution in [2.45, 2.75) is 6.30 Å². The second-order valence-electron chi connectivity index (χ2n) is 6.12. The first-order valence-electron chi connectivity index (χ1n) is 8.75. The second kappa shape index (κ2) is 8.86. The molecule has 3 heterocycles. The number of ether oxygens (including phenoxy) is 1. The summed E-state index contributed by atoms with van der Waals surface area (Å²) >= 11 is 0. The lowest BCUT2D eigenvalue weighted by molar-refractivity contribution is -0.146. The Hall–Kier alpha value is -3.21. The molecule has 1 aromatic carbocycles. The van der Waals surface area contributed by atoms with Crippen molar-refractivity contribution in [3.8, 4) is 0 Å². The van der Waals surface area contributed by atoms with Gasteiger partial charge in [-0.3, -0.25) is 14.8 Å². The Morgan fingerprint density at radius 3 is 2.48 bits per heavy atom. The van der Waals surface area contributed by atoms with Gasteiger partial charge in [0.25, 0.3) is 5.91 Å². The highest BCUT2D eigenvalue weighted by molar-refractivity contribution is 5.94. The van der Waals surface area contributed by atoms with Gasteiger partial charge in [0.15, 0.2) is 5.82 Å². The molecule has 0 atom stereocenters. The molecule has 29 heavy (non-hydrogen) atoms. The fraction of sp³-hybridized carbons (Fsp3) is 0.333. The van der Waals surface area contributed by atoms with E-state index in [2.05, 4.69) is 20.0 Å². The molecule has 3 aromatic rings. The lowest BCUT2D eigenvalue weighted by Gasteiger charge is -2.28. The highest BCUT2D eigenvalue weighted by Crippen LogP contribution is 2.22. The van der Waals surface area contributed by atoms with Crippen LogP contribution in [0.25, 0.3) is 11.0 Å². The van der Waals surface area contributed by atoms with Crippen LogP contribution >= 0.6 is 0 Å². The van der Waals surface area contributed by atoms with Crippen LogP contribution in [0.15, 0.2) is 42.9 Å². The van der Waals surface area contributed by atoms with Crippen molar-refractivity contribution >= 4 is 22.8 Å². The molecule has 0 bridgehead atoms. The molecule has 1 saturated heterocycles. The largest absolute Gasteiger partial charge is 0.484 e. The molecule has 1 aliphatic heterocycles. The molecule has 4 rings (SSSR count). The summed E-state index contributed by atoms with van der Waals surface area (Å²) in [5.74, 6) is -0.193. The van der Waals surface area contributed by atoms with Crippen LogP contribution < -0.4 is 10.2 Å². The number of nitrogens with zero attached hydrogens (tertiary/aromatic N) is 5. The minimum atomic E-state index is -4.67. The standard InChI is InChI=1S/C10H13N5O.C8H6F3NO/c1-14-9-8(6-13-14)11-7-12-10(9)15-2-4-16-5-3-15;9-8(10,11)12-7(13)6-4-2-1-3-5-6/h6-7H,2-5H2,1H3;1-5H,(H,12,13). The summed E-state index contributed by atoms with van der Waals surface area (Å²) in [6.07, 6.45) is -1.32. The molecule has 0 aliphatic carbocycles. The number of hydrogen-bond donors (Lipinski definition) is 1. The predicted molar refractivity (Wildman–Crippen MR) is 99.3 cm³/mol. The number of hydrogen-bond acceptors (Lipinski definition) is 6. The van der Waals surface area contributed by atoms with Gasteiger partial charge < -0.3 is 9.64 Å². The molecule has 11 heteroatoms. The highest BCUT2D eigenvalue weighted by Gasteiger charge is 2.30. The average molecular weight is 408 g/mol. The van der Waals surface area contributed by atoms with Gasteiger partial charge in [0, 0.05) is 25.7 Å². The van der Waals surface area contributed by atoms with Gasteiger partial charge in [0.05, 0.1) is 19.4 Å². The number of aryl methyl sites for hydroxylation is 1. The molecule has 0 spiro atoms. The van der Waals surface area contributed by atoms with Crippen LogP contribution in [0.2, 0.25) is 0 Å². The van der Waals surface area contributed by atoms with Crippen molar-refractivity contribution in [2.24, 2.45) is 7.05 Å². The number of amides is 1. The second-order valence-corrected chi connectivity index (χ2v) is 6.12. The zero-order chi connectivity index (χ0) is 20.9. The Balaban J connectivity index is 0.000000170. The summed E-state index contributed by atoms with van der Waals surface area (Å²) in [5.41, 5.74) is 1.86. The maximum absolute atomic E-state index is 11.7. The third-order valence-electron chi connectivity index (χ3n) is 4.11. The van der Waals surface area contributed by atoms with Gasteiger partial charge in [-0.25, -0.2) is 9.97 Å². The summed E-state index contributed by atoms with van der Waals surface area (Å²) in [6.45, 7) is 3.25. The number of halogens is 3. The molecule has 0 saturated carbocycles. The Bertz CT molecular complexity index is 955. The predicted octanol–water partition coefficient (Wildman–Crippen LogP) is 2.14. The van der Waals surface area contributed by atoms with Crippen molar-refractivity contribution < 1.29 is 22.7 Å². The average Bonchev–Trinajstić information content (AvgIpc) is 3.10. The molecule has 154 valence electrons. The zero-order valence-electron chi connectivity index (χ0n) is 15.6. The fourth-order valence-corrected chi connectivity index (χ4v) is 2.78. The van der Waals surface area contributed by atoms with E-state index in [1.807, 2.05) is 11.7 Å². The highest BCUT2D eigenvalue weighted by atomic mass is 19.4. The number of fused-ring (bicyclic) bond motifs is 1. The van der Waals surface area contributed by atoms with Gasteiger partial charge in [-0.1, -0.05) is 18.2 Å². The summed E-state index contributed by atoms with van der Waals surface area (Å²) in [6, 6.07) is 7.21. The molecular weight excluding hydrogens is 389 g/mol. The number of carbonyl (C=O) groups is 1. The molecule has 1 aliphatic rings. The van der Waals surface area contributed by atoms with E-state index in [0.717, 1.165) is 48.5 Å². The van der Waals surface area contributed by atoms with E-state index >= 15 is 0 Å². The van der Waals surface area contributed by atoms with E-state index in [-0.39, 0.29) is 5.56 Å². The van der Waals surface area contributed by atoms with Crippen molar-refractivity contribution in [1.29, 1.82) is 0 Å². The van der Waals surface area contributed by atoms with Crippen LogP contribution in [-0.4, -0.2) is 58.3 Å².